The highest BCUT2D eigenvalue weighted by molar-refractivity contribution is 5.85. The van der Waals surface area contributed by atoms with Crippen LogP contribution < -0.4 is 5.73 Å². The molecule has 0 aliphatic carbocycles. The summed E-state index contributed by atoms with van der Waals surface area (Å²) in [5.41, 5.74) is 6.21. The Balaban J connectivity index is 2.76. The van der Waals surface area contributed by atoms with E-state index in [1.807, 2.05) is 42.5 Å². The second kappa shape index (κ2) is 3.17. The molecule has 0 bridgehead atoms. The van der Waals surface area contributed by atoms with Crippen LogP contribution in [0.2, 0.25) is 0 Å². The molecule has 2 rings (SSSR count). The standard InChI is InChI=1S/C11H11NO/c12-11(13)10-7-3-5-8-4-1-2-6-9(8)10/h1-7,11,13H,12H2. The van der Waals surface area contributed by atoms with E-state index in [2.05, 4.69) is 0 Å². The smallest absolute Gasteiger partial charge is 0.129 e. The van der Waals surface area contributed by atoms with E-state index in [9.17, 15) is 5.11 Å². The Morgan fingerprint density at radius 1 is 1.00 bits per heavy atom. The first-order valence-corrected chi connectivity index (χ1v) is 4.20. The number of hydrogen-bond donors (Lipinski definition) is 2. The van der Waals surface area contributed by atoms with E-state index >= 15 is 0 Å². The van der Waals surface area contributed by atoms with Crippen LogP contribution in [-0.4, -0.2) is 5.11 Å². The zero-order valence-corrected chi connectivity index (χ0v) is 7.14. The first kappa shape index (κ1) is 8.23. The third-order valence-electron chi connectivity index (χ3n) is 2.14. The van der Waals surface area contributed by atoms with Crippen molar-refractivity contribution in [2.24, 2.45) is 5.73 Å². The van der Waals surface area contributed by atoms with Crippen molar-refractivity contribution < 1.29 is 5.11 Å². The Morgan fingerprint density at radius 2 is 1.69 bits per heavy atom. The van der Waals surface area contributed by atoms with Crippen molar-refractivity contribution in [1.29, 1.82) is 0 Å². The van der Waals surface area contributed by atoms with Crippen LogP contribution in [0.15, 0.2) is 42.5 Å². The normalized spacial score (nSPS) is 13.1. The number of benzene rings is 2. The Morgan fingerprint density at radius 3 is 2.46 bits per heavy atom. The maximum atomic E-state index is 9.30. The van der Waals surface area contributed by atoms with Crippen molar-refractivity contribution in [2.45, 2.75) is 6.23 Å². The number of fused-ring (bicyclic) bond motifs is 1. The molecule has 66 valence electrons. The van der Waals surface area contributed by atoms with Crippen LogP contribution in [0.1, 0.15) is 11.8 Å². The Bertz CT molecular complexity index is 418. The predicted octanol–water partition coefficient (Wildman–Crippen LogP) is 1.79. The van der Waals surface area contributed by atoms with Crippen LogP contribution in [0.5, 0.6) is 0 Å². The first-order valence-electron chi connectivity index (χ1n) is 4.20. The molecule has 2 aromatic carbocycles. The summed E-state index contributed by atoms with van der Waals surface area (Å²) in [5, 5.41) is 11.4. The van der Waals surface area contributed by atoms with Gasteiger partial charge >= 0.3 is 0 Å². The van der Waals surface area contributed by atoms with Gasteiger partial charge in [0, 0.05) is 5.56 Å². The lowest BCUT2D eigenvalue weighted by molar-refractivity contribution is 0.188. The summed E-state index contributed by atoms with van der Waals surface area (Å²) in [6.45, 7) is 0. The maximum Gasteiger partial charge on any atom is 0.129 e. The molecule has 0 heterocycles. The minimum Gasteiger partial charge on any atom is -0.375 e. The second-order valence-corrected chi connectivity index (χ2v) is 3.01. The highest BCUT2D eigenvalue weighted by Crippen LogP contribution is 2.21. The third kappa shape index (κ3) is 1.41. The van der Waals surface area contributed by atoms with E-state index in [-0.39, 0.29) is 0 Å². The van der Waals surface area contributed by atoms with Gasteiger partial charge in [-0.15, -0.1) is 0 Å². The topological polar surface area (TPSA) is 46.2 Å². The molecule has 1 atom stereocenters. The average molecular weight is 173 g/mol. The quantitative estimate of drug-likeness (QED) is 0.646. The largest absolute Gasteiger partial charge is 0.375 e. The van der Waals surface area contributed by atoms with E-state index < -0.39 is 6.23 Å². The number of aliphatic hydroxyl groups is 1. The summed E-state index contributed by atoms with van der Waals surface area (Å²) in [7, 11) is 0. The van der Waals surface area contributed by atoms with Gasteiger partial charge < -0.3 is 10.8 Å². The van der Waals surface area contributed by atoms with Gasteiger partial charge in [-0.3, -0.25) is 0 Å². The van der Waals surface area contributed by atoms with Crippen LogP contribution in [0.4, 0.5) is 0 Å². The fourth-order valence-electron chi connectivity index (χ4n) is 1.51. The van der Waals surface area contributed by atoms with Crippen LogP contribution in [0, 0.1) is 0 Å². The van der Waals surface area contributed by atoms with Gasteiger partial charge in [0.25, 0.3) is 0 Å². The average Bonchev–Trinajstić information content (AvgIpc) is 2.17. The fraction of sp³-hybridized carbons (Fsp3) is 0.0909. The van der Waals surface area contributed by atoms with Gasteiger partial charge in [-0.1, -0.05) is 42.5 Å². The number of aliphatic hydroxyl groups excluding tert-OH is 1. The predicted molar refractivity (Wildman–Crippen MR) is 53.1 cm³/mol. The highest BCUT2D eigenvalue weighted by atomic mass is 16.3. The molecule has 0 saturated heterocycles. The molecule has 2 nitrogen and oxygen atoms in total. The highest BCUT2D eigenvalue weighted by Gasteiger charge is 2.04. The van der Waals surface area contributed by atoms with E-state index in [4.69, 9.17) is 5.73 Å². The van der Waals surface area contributed by atoms with Crippen molar-refractivity contribution >= 4 is 10.8 Å². The Hall–Kier alpha value is -1.38. The van der Waals surface area contributed by atoms with Crippen molar-refractivity contribution in [3.8, 4) is 0 Å². The van der Waals surface area contributed by atoms with E-state index in [0.717, 1.165) is 16.3 Å². The van der Waals surface area contributed by atoms with Crippen LogP contribution >= 0.6 is 0 Å². The molecule has 0 amide bonds. The first-order chi connectivity index (χ1) is 6.29. The van der Waals surface area contributed by atoms with Crippen molar-refractivity contribution in [3.05, 3.63) is 48.0 Å². The summed E-state index contributed by atoms with van der Waals surface area (Å²) in [6.07, 6.45) is -0.897. The zero-order valence-electron chi connectivity index (χ0n) is 7.14. The molecule has 1 unspecified atom stereocenters. The molecule has 0 aromatic heterocycles. The summed E-state index contributed by atoms with van der Waals surface area (Å²) in [5.74, 6) is 0. The molecule has 0 fully saturated rings. The summed E-state index contributed by atoms with van der Waals surface area (Å²) in [6, 6.07) is 13.6. The molecule has 2 heteroatoms. The fourth-order valence-corrected chi connectivity index (χ4v) is 1.51. The van der Waals surface area contributed by atoms with Gasteiger partial charge in [0.2, 0.25) is 0 Å². The molecule has 0 aliphatic heterocycles. The summed E-state index contributed by atoms with van der Waals surface area (Å²) >= 11 is 0. The third-order valence-corrected chi connectivity index (χ3v) is 2.14. The number of nitrogens with two attached hydrogens (primary N) is 1. The molecule has 0 aliphatic rings. The molecule has 2 aromatic rings. The van der Waals surface area contributed by atoms with Crippen LogP contribution in [-0.2, 0) is 0 Å². The lowest BCUT2D eigenvalue weighted by Crippen LogP contribution is -2.08. The number of rotatable bonds is 1. The van der Waals surface area contributed by atoms with Gasteiger partial charge in [0.1, 0.15) is 6.23 Å². The molecule has 0 spiro atoms. The zero-order chi connectivity index (χ0) is 9.26. The Kier molecular flexibility index (Phi) is 2.00. The molecule has 3 N–H and O–H groups in total. The van der Waals surface area contributed by atoms with Gasteiger partial charge in [0.05, 0.1) is 0 Å². The van der Waals surface area contributed by atoms with Crippen LogP contribution in [0.25, 0.3) is 10.8 Å². The monoisotopic (exact) mass is 173 g/mol. The van der Waals surface area contributed by atoms with Gasteiger partial charge in [0.15, 0.2) is 0 Å². The molecule has 0 saturated carbocycles. The van der Waals surface area contributed by atoms with Crippen LogP contribution in [0.3, 0.4) is 0 Å². The molecular formula is C11H11NO. The van der Waals surface area contributed by atoms with E-state index in [0.29, 0.717) is 0 Å². The molecular weight excluding hydrogens is 162 g/mol. The van der Waals surface area contributed by atoms with Gasteiger partial charge in [-0.05, 0) is 10.8 Å². The Labute approximate surface area is 76.6 Å². The summed E-state index contributed by atoms with van der Waals surface area (Å²) < 4.78 is 0. The minimum atomic E-state index is -0.897. The minimum absolute atomic E-state index is 0.776. The van der Waals surface area contributed by atoms with Gasteiger partial charge in [-0.2, -0.15) is 0 Å². The van der Waals surface area contributed by atoms with Gasteiger partial charge in [-0.25, -0.2) is 0 Å². The second-order valence-electron chi connectivity index (χ2n) is 3.01. The molecule has 0 radical (unpaired) electrons. The van der Waals surface area contributed by atoms with Crippen molar-refractivity contribution in [3.63, 3.8) is 0 Å². The lowest BCUT2D eigenvalue weighted by atomic mass is 10.0. The SMILES string of the molecule is NC(O)c1cccc2ccccc12. The summed E-state index contributed by atoms with van der Waals surface area (Å²) in [4.78, 5) is 0. The van der Waals surface area contributed by atoms with E-state index in [1.54, 1.807) is 0 Å². The molecule has 13 heavy (non-hydrogen) atoms. The van der Waals surface area contributed by atoms with Crippen molar-refractivity contribution in [2.75, 3.05) is 0 Å². The maximum absolute atomic E-state index is 9.30. The number of hydrogen-bond acceptors (Lipinski definition) is 2. The van der Waals surface area contributed by atoms with E-state index in [1.165, 1.54) is 0 Å². The van der Waals surface area contributed by atoms with Crippen molar-refractivity contribution in [1.82, 2.24) is 0 Å². The lowest BCUT2D eigenvalue weighted by Gasteiger charge is -2.08.